The molecule has 3 saturated heterocycles. The quantitative estimate of drug-likeness (QED) is 0.667. The molecule has 2 unspecified atom stereocenters. The number of rotatable bonds is 5. The molecule has 2 N–H and O–H groups in total. The summed E-state index contributed by atoms with van der Waals surface area (Å²) in [6.07, 6.45) is 4.07. The van der Waals surface area contributed by atoms with Gasteiger partial charge < -0.3 is 20.3 Å². The molecule has 0 amide bonds. The molecule has 8 nitrogen and oxygen atoms in total. The van der Waals surface area contributed by atoms with Gasteiger partial charge >= 0.3 is 5.97 Å². The van der Waals surface area contributed by atoms with Gasteiger partial charge in [0, 0.05) is 43.5 Å². The van der Waals surface area contributed by atoms with Crippen LogP contribution in [-0.4, -0.2) is 66.4 Å². The molecular formula is C24H31ClN6O2. The van der Waals surface area contributed by atoms with Gasteiger partial charge in [0.05, 0.1) is 18.7 Å². The maximum Gasteiger partial charge on any atom is 0.308 e. The highest BCUT2D eigenvalue weighted by Gasteiger charge is 2.40. The number of nitrogen functional groups attached to an aromatic ring is 1. The van der Waals surface area contributed by atoms with Crippen molar-refractivity contribution in [3.63, 3.8) is 0 Å². The van der Waals surface area contributed by atoms with Crippen LogP contribution in [0, 0.1) is 5.92 Å². The van der Waals surface area contributed by atoms with E-state index in [1.54, 1.807) is 0 Å². The van der Waals surface area contributed by atoms with Crippen molar-refractivity contribution in [1.29, 1.82) is 0 Å². The zero-order chi connectivity index (χ0) is 22.9. The normalized spacial score (nSPS) is 23.7. The molecule has 0 radical (unpaired) electrons. The Labute approximate surface area is 199 Å². The van der Waals surface area contributed by atoms with Crippen LogP contribution in [0.3, 0.4) is 0 Å². The van der Waals surface area contributed by atoms with Gasteiger partial charge in [-0.25, -0.2) is 0 Å². The molecule has 0 saturated carbocycles. The third kappa shape index (κ3) is 4.59. The zero-order valence-corrected chi connectivity index (χ0v) is 19.7. The van der Waals surface area contributed by atoms with Crippen molar-refractivity contribution in [2.45, 2.75) is 44.3 Å². The van der Waals surface area contributed by atoms with Crippen molar-refractivity contribution < 1.29 is 9.53 Å². The summed E-state index contributed by atoms with van der Waals surface area (Å²) >= 11 is 6.08. The molecule has 4 heterocycles. The van der Waals surface area contributed by atoms with Crippen LogP contribution in [0.2, 0.25) is 5.15 Å². The first-order valence-corrected chi connectivity index (χ1v) is 12.1. The van der Waals surface area contributed by atoms with Crippen LogP contribution in [0.1, 0.15) is 31.2 Å². The molecule has 0 aliphatic carbocycles. The number of halogens is 1. The second-order valence-corrected chi connectivity index (χ2v) is 9.77. The summed E-state index contributed by atoms with van der Waals surface area (Å²) < 4.78 is 4.91. The number of hydrogen-bond donors (Lipinski definition) is 1. The lowest BCUT2D eigenvalue weighted by Crippen LogP contribution is -2.54. The second kappa shape index (κ2) is 9.35. The average molecular weight is 471 g/mol. The van der Waals surface area contributed by atoms with Crippen LogP contribution < -0.4 is 15.5 Å². The van der Waals surface area contributed by atoms with Crippen LogP contribution in [-0.2, 0) is 16.1 Å². The van der Waals surface area contributed by atoms with Crippen LogP contribution in [0.25, 0.3) is 0 Å². The topological polar surface area (TPSA) is 87.8 Å². The number of hydrogen-bond acceptors (Lipinski definition) is 8. The van der Waals surface area contributed by atoms with Gasteiger partial charge in [-0.15, -0.1) is 10.2 Å². The minimum Gasteiger partial charge on any atom is -0.469 e. The number of benzene rings is 1. The molecule has 176 valence electrons. The number of esters is 1. The number of ether oxygens (including phenoxy) is 1. The Morgan fingerprint density at radius 3 is 2.55 bits per heavy atom. The van der Waals surface area contributed by atoms with E-state index < -0.39 is 0 Å². The second-order valence-electron chi connectivity index (χ2n) is 9.38. The fourth-order valence-electron chi connectivity index (χ4n) is 5.71. The van der Waals surface area contributed by atoms with Crippen molar-refractivity contribution in [3.8, 4) is 0 Å². The molecule has 1 aromatic carbocycles. The molecule has 3 aliphatic heterocycles. The van der Waals surface area contributed by atoms with E-state index in [2.05, 4.69) is 49.2 Å². The minimum absolute atomic E-state index is 0.0454. The maximum atomic E-state index is 11.8. The van der Waals surface area contributed by atoms with Crippen LogP contribution in [0.5, 0.6) is 0 Å². The summed E-state index contributed by atoms with van der Waals surface area (Å²) in [5.41, 5.74) is 9.60. The number of anilines is 3. The lowest BCUT2D eigenvalue weighted by molar-refractivity contribution is -0.147. The first kappa shape index (κ1) is 22.2. The van der Waals surface area contributed by atoms with Crippen molar-refractivity contribution in [3.05, 3.63) is 41.0 Å². The van der Waals surface area contributed by atoms with Crippen molar-refractivity contribution in [1.82, 2.24) is 15.1 Å². The van der Waals surface area contributed by atoms with Gasteiger partial charge in [0.1, 0.15) is 0 Å². The fraction of sp³-hybridized carbons (Fsp3) is 0.542. The smallest absolute Gasteiger partial charge is 0.308 e. The van der Waals surface area contributed by atoms with E-state index in [-0.39, 0.29) is 11.9 Å². The zero-order valence-electron chi connectivity index (χ0n) is 19.0. The first-order chi connectivity index (χ1) is 16.0. The van der Waals surface area contributed by atoms with Crippen molar-refractivity contribution in [2.75, 3.05) is 48.8 Å². The maximum absolute atomic E-state index is 11.8. The summed E-state index contributed by atoms with van der Waals surface area (Å²) in [7, 11) is 1.48. The van der Waals surface area contributed by atoms with E-state index in [9.17, 15) is 4.79 Å². The van der Waals surface area contributed by atoms with E-state index in [1.807, 2.05) is 6.07 Å². The van der Waals surface area contributed by atoms with Gasteiger partial charge in [-0.1, -0.05) is 23.7 Å². The van der Waals surface area contributed by atoms with E-state index in [1.165, 1.54) is 31.2 Å². The van der Waals surface area contributed by atoms with E-state index in [0.717, 1.165) is 51.3 Å². The molecule has 3 fully saturated rings. The number of fused-ring (bicyclic) bond motifs is 2. The fourth-order valence-corrected chi connectivity index (χ4v) is 5.85. The number of piperidine rings is 1. The summed E-state index contributed by atoms with van der Waals surface area (Å²) in [5, 5.41) is 8.22. The third-order valence-electron chi connectivity index (χ3n) is 7.33. The van der Waals surface area contributed by atoms with Crippen LogP contribution >= 0.6 is 11.6 Å². The predicted molar refractivity (Wildman–Crippen MR) is 129 cm³/mol. The van der Waals surface area contributed by atoms with E-state index >= 15 is 0 Å². The third-order valence-corrected chi connectivity index (χ3v) is 7.52. The summed E-state index contributed by atoms with van der Waals surface area (Å²) in [5.74, 6) is 0.409. The Kier molecular flexibility index (Phi) is 6.29. The molecule has 2 atom stereocenters. The Hall–Kier alpha value is -2.58. The van der Waals surface area contributed by atoms with Crippen molar-refractivity contribution in [2.24, 2.45) is 5.92 Å². The highest BCUT2D eigenvalue weighted by atomic mass is 35.5. The minimum atomic E-state index is -0.0714. The number of aromatic nitrogens is 2. The molecule has 3 aliphatic rings. The molecule has 9 heteroatoms. The first-order valence-electron chi connectivity index (χ1n) is 11.7. The Balaban J connectivity index is 1.25. The van der Waals surface area contributed by atoms with Gasteiger partial charge in [0.15, 0.2) is 11.0 Å². The number of piperazine rings is 1. The van der Waals surface area contributed by atoms with Gasteiger partial charge in [0.25, 0.3) is 0 Å². The molecule has 0 spiro atoms. The molecule has 2 aromatic rings. The Bertz CT molecular complexity index is 998. The standard InChI is InChI=1S/C24H31ClN6O2/c1-33-24(32)17-7-9-29(10-8-17)13-16-3-2-4-18(11-16)31-19-5-6-20(31)15-30(14-19)21-12-22(25)27-28-23(21)26/h2-4,11-12,17,19-20H,5-10,13-15H2,1H3,(H2,26,28). The largest absolute Gasteiger partial charge is 0.469 e. The predicted octanol–water partition coefficient (Wildman–Crippen LogP) is 2.95. The van der Waals surface area contributed by atoms with Gasteiger partial charge in [-0.2, -0.15) is 0 Å². The molecule has 1 aromatic heterocycles. The number of methoxy groups -OCH3 is 1. The number of carbonyl (C=O) groups is 1. The Morgan fingerprint density at radius 2 is 1.85 bits per heavy atom. The number of likely N-dealkylation sites (tertiary alicyclic amines) is 1. The number of nitrogens with two attached hydrogens (primary N) is 1. The lowest BCUT2D eigenvalue weighted by Gasteiger charge is -2.43. The Morgan fingerprint density at radius 1 is 1.12 bits per heavy atom. The molecule has 33 heavy (non-hydrogen) atoms. The SMILES string of the molecule is COC(=O)C1CCN(Cc2cccc(N3C4CCC3CN(c3cc(Cl)nnc3N)C4)c2)CC1. The molecule has 5 rings (SSSR count). The molecule has 2 bridgehead atoms. The van der Waals surface area contributed by atoms with Gasteiger partial charge in [-0.3, -0.25) is 9.69 Å². The summed E-state index contributed by atoms with van der Waals surface area (Å²) in [6, 6.07) is 11.6. The van der Waals surface area contributed by atoms with Crippen molar-refractivity contribution >= 4 is 34.8 Å². The highest BCUT2D eigenvalue weighted by molar-refractivity contribution is 6.29. The molecular weight excluding hydrogens is 440 g/mol. The highest BCUT2D eigenvalue weighted by Crippen LogP contribution is 2.38. The van der Waals surface area contributed by atoms with Crippen LogP contribution in [0.4, 0.5) is 17.2 Å². The van der Waals surface area contributed by atoms with Crippen LogP contribution in [0.15, 0.2) is 30.3 Å². The lowest BCUT2D eigenvalue weighted by atomic mass is 9.96. The van der Waals surface area contributed by atoms with E-state index in [0.29, 0.717) is 23.1 Å². The number of nitrogens with zero attached hydrogens (tertiary/aromatic N) is 5. The summed E-state index contributed by atoms with van der Waals surface area (Å²) in [6.45, 7) is 4.56. The summed E-state index contributed by atoms with van der Waals surface area (Å²) in [4.78, 5) is 19.1. The van der Waals surface area contributed by atoms with E-state index in [4.69, 9.17) is 22.1 Å². The van der Waals surface area contributed by atoms with Gasteiger partial charge in [0.2, 0.25) is 0 Å². The van der Waals surface area contributed by atoms with Gasteiger partial charge in [-0.05, 0) is 56.5 Å². The average Bonchev–Trinajstić information content (AvgIpc) is 3.10. The number of carbonyl (C=O) groups excluding carboxylic acids is 1. The monoisotopic (exact) mass is 470 g/mol.